The number of hydrogen-bond acceptors (Lipinski definition) is 1. The van der Waals surface area contributed by atoms with Crippen LogP contribution in [-0.4, -0.2) is 0 Å². The molecule has 1 aromatic carbocycles. The van der Waals surface area contributed by atoms with Crippen LogP contribution in [0.2, 0.25) is 0 Å². The first-order valence-electron chi connectivity index (χ1n) is 5.20. The topological polar surface area (TPSA) is 26.9 Å². The molecule has 2 heteroatoms. The molecule has 0 amide bonds. The molecule has 0 aliphatic carbocycles. The van der Waals surface area contributed by atoms with Crippen LogP contribution in [0.3, 0.4) is 0 Å². The molecule has 0 radical (unpaired) electrons. The fraction of sp³-hybridized carbons (Fsp3) is 0.0714. The molecule has 1 aromatic heterocycles. The lowest BCUT2D eigenvalue weighted by Gasteiger charge is -2.02. The Kier molecular flexibility index (Phi) is 3.01. The molecule has 80 valence electrons. The summed E-state index contributed by atoms with van der Waals surface area (Å²) in [4.78, 5) is 0. The highest BCUT2D eigenvalue weighted by Crippen LogP contribution is 2.05. The predicted molar refractivity (Wildman–Crippen MR) is 65.5 cm³/mol. The second-order valence-corrected chi connectivity index (χ2v) is 3.63. The first-order valence-corrected chi connectivity index (χ1v) is 5.20. The van der Waals surface area contributed by atoms with Crippen LogP contribution in [0.15, 0.2) is 48.5 Å². The molecule has 2 nitrogen and oxygen atoms in total. The molecule has 0 saturated heterocycles. The highest BCUT2D eigenvalue weighted by molar-refractivity contribution is 5.66. The monoisotopic (exact) mass is 211 g/mol. The molecule has 0 aliphatic heterocycles. The Labute approximate surface area is 95.1 Å². The Bertz CT molecular complexity index is 503. The van der Waals surface area contributed by atoms with E-state index in [0.717, 1.165) is 10.3 Å². The van der Waals surface area contributed by atoms with Gasteiger partial charge in [-0.1, -0.05) is 30.3 Å². The Morgan fingerprint density at radius 3 is 2.44 bits per heavy atom. The van der Waals surface area contributed by atoms with Gasteiger partial charge in [0.2, 0.25) is 5.69 Å². The van der Waals surface area contributed by atoms with Gasteiger partial charge in [-0.3, -0.25) is 0 Å². The van der Waals surface area contributed by atoms with Gasteiger partial charge in [0, 0.05) is 25.1 Å². The van der Waals surface area contributed by atoms with Crippen LogP contribution in [0.25, 0.3) is 12.2 Å². The van der Waals surface area contributed by atoms with Gasteiger partial charge in [-0.2, -0.15) is 4.73 Å². The zero-order valence-corrected chi connectivity index (χ0v) is 9.13. The first-order chi connectivity index (χ1) is 7.77. The van der Waals surface area contributed by atoms with Crippen LogP contribution >= 0.6 is 0 Å². The summed E-state index contributed by atoms with van der Waals surface area (Å²) in [5, 5.41) is 11.7. The van der Waals surface area contributed by atoms with Crippen LogP contribution in [-0.2, 0) is 0 Å². The molecule has 0 saturated carbocycles. The lowest BCUT2D eigenvalue weighted by atomic mass is 10.2. The van der Waals surface area contributed by atoms with Gasteiger partial charge in [-0.25, -0.2) is 0 Å². The number of pyridine rings is 1. The van der Waals surface area contributed by atoms with Crippen molar-refractivity contribution in [2.24, 2.45) is 0 Å². The van der Waals surface area contributed by atoms with Crippen molar-refractivity contribution >= 4 is 12.2 Å². The van der Waals surface area contributed by atoms with Crippen molar-refractivity contribution in [3.8, 4) is 0 Å². The van der Waals surface area contributed by atoms with Crippen LogP contribution in [0, 0.1) is 12.1 Å². The Morgan fingerprint density at radius 1 is 0.938 bits per heavy atom. The van der Waals surface area contributed by atoms with Gasteiger partial charge in [0.05, 0.1) is 0 Å². The van der Waals surface area contributed by atoms with E-state index >= 15 is 0 Å². The third-order valence-corrected chi connectivity index (χ3v) is 2.41. The van der Waals surface area contributed by atoms with E-state index in [2.05, 4.69) is 0 Å². The minimum atomic E-state index is 0.656. The smallest absolute Gasteiger partial charge is 0.216 e. The molecule has 1 heterocycles. The molecular formula is C14H13NO. The molecule has 2 aromatic rings. The van der Waals surface area contributed by atoms with Crippen molar-refractivity contribution in [1.29, 1.82) is 0 Å². The van der Waals surface area contributed by atoms with Crippen molar-refractivity contribution in [2.45, 2.75) is 6.92 Å². The number of aryl methyl sites for hydroxylation is 1. The Morgan fingerprint density at radius 2 is 1.69 bits per heavy atom. The number of rotatable bonds is 2. The van der Waals surface area contributed by atoms with E-state index in [1.54, 1.807) is 19.1 Å². The van der Waals surface area contributed by atoms with Gasteiger partial charge in [0.15, 0.2) is 5.69 Å². The summed E-state index contributed by atoms with van der Waals surface area (Å²) in [6.07, 6.45) is 3.76. The molecule has 0 bridgehead atoms. The first kappa shape index (κ1) is 10.4. The molecule has 0 spiro atoms. The predicted octanol–water partition coefficient (Wildman–Crippen LogP) is 2.80. The maximum Gasteiger partial charge on any atom is 0.216 e. The summed E-state index contributed by atoms with van der Waals surface area (Å²) < 4.78 is 0.930. The number of aromatic nitrogens is 1. The SMILES string of the molecule is Cc1cccc(C=Cc2ccccc2)[n+]1[O-]. The van der Waals surface area contributed by atoms with E-state index in [-0.39, 0.29) is 0 Å². The van der Waals surface area contributed by atoms with Crippen molar-refractivity contribution in [2.75, 3.05) is 0 Å². The van der Waals surface area contributed by atoms with Gasteiger partial charge >= 0.3 is 0 Å². The molecule has 0 N–H and O–H groups in total. The highest BCUT2D eigenvalue weighted by atomic mass is 16.5. The fourth-order valence-corrected chi connectivity index (χ4v) is 1.49. The quantitative estimate of drug-likeness (QED) is 0.554. The normalized spacial score (nSPS) is 10.8. The molecule has 0 fully saturated rings. The van der Waals surface area contributed by atoms with Crippen molar-refractivity contribution < 1.29 is 4.73 Å². The summed E-state index contributed by atoms with van der Waals surface area (Å²) in [6.45, 7) is 1.80. The zero-order chi connectivity index (χ0) is 11.4. The van der Waals surface area contributed by atoms with E-state index in [1.165, 1.54) is 0 Å². The van der Waals surface area contributed by atoms with Gasteiger partial charge in [0.25, 0.3) is 0 Å². The molecule has 0 unspecified atom stereocenters. The second kappa shape index (κ2) is 4.62. The molecular weight excluding hydrogens is 198 g/mol. The van der Waals surface area contributed by atoms with Crippen LogP contribution in [0.4, 0.5) is 0 Å². The maximum absolute atomic E-state index is 11.7. The second-order valence-electron chi connectivity index (χ2n) is 3.63. The standard InChI is InChI=1S/C14H13NO/c1-12-6-5-9-14(15(12)16)11-10-13-7-3-2-4-8-13/h2-11H,1H3. The summed E-state index contributed by atoms with van der Waals surface area (Å²) >= 11 is 0. The third-order valence-electron chi connectivity index (χ3n) is 2.41. The average molecular weight is 211 g/mol. The minimum Gasteiger partial charge on any atom is -0.618 e. The number of hydrogen-bond donors (Lipinski definition) is 0. The van der Waals surface area contributed by atoms with Crippen LogP contribution in [0.5, 0.6) is 0 Å². The van der Waals surface area contributed by atoms with Crippen molar-refractivity contribution in [3.05, 3.63) is 70.7 Å². The molecule has 16 heavy (non-hydrogen) atoms. The van der Waals surface area contributed by atoms with Gasteiger partial charge < -0.3 is 5.21 Å². The highest BCUT2D eigenvalue weighted by Gasteiger charge is 2.02. The maximum atomic E-state index is 11.7. The summed E-state index contributed by atoms with van der Waals surface area (Å²) in [6, 6.07) is 15.4. The van der Waals surface area contributed by atoms with E-state index in [1.807, 2.05) is 48.6 Å². The van der Waals surface area contributed by atoms with Crippen LogP contribution in [0.1, 0.15) is 17.0 Å². The lowest BCUT2D eigenvalue weighted by molar-refractivity contribution is -0.614. The zero-order valence-electron chi connectivity index (χ0n) is 9.13. The summed E-state index contributed by atoms with van der Waals surface area (Å²) in [5.41, 5.74) is 2.45. The fourth-order valence-electron chi connectivity index (χ4n) is 1.49. The molecule has 0 atom stereocenters. The number of benzene rings is 1. The van der Waals surface area contributed by atoms with E-state index in [0.29, 0.717) is 11.4 Å². The number of nitrogens with zero attached hydrogens (tertiary/aromatic N) is 1. The van der Waals surface area contributed by atoms with E-state index in [9.17, 15) is 5.21 Å². The van der Waals surface area contributed by atoms with E-state index < -0.39 is 0 Å². The summed E-state index contributed by atoms with van der Waals surface area (Å²) in [5.74, 6) is 0. The van der Waals surface area contributed by atoms with Gasteiger partial charge in [-0.05, 0) is 17.7 Å². The minimum absolute atomic E-state index is 0.656. The molecule has 2 rings (SSSR count). The lowest BCUT2D eigenvalue weighted by Crippen LogP contribution is -2.33. The van der Waals surface area contributed by atoms with Crippen molar-refractivity contribution in [1.82, 2.24) is 0 Å². The Balaban J connectivity index is 2.28. The largest absolute Gasteiger partial charge is 0.618 e. The van der Waals surface area contributed by atoms with Crippen molar-refractivity contribution in [3.63, 3.8) is 0 Å². The summed E-state index contributed by atoms with van der Waals surface area (Å²) in [7, 11) is 0. The molecule has 0 aliphatic rings. The third kappa shape index (κ3) is 2.28. The van der Waals surface area contributed by atoms with E-state index in [4.69, 9.17) is 0 Å². The van der Waals surface area contributed by atoms with Gasteiger partial charge in [0.1, 0.15) is 0 Å². The van der Waals surface area contributed by atoms with Crippen LogP contribution < -0.4 is 4.73 Å². The Hall–Kier alpha value is -2.09. The average Bonchev–Trinajstić information content (AvgIpc) is 2.32. The van der Waals surface area contributed by atoms with Gasteiger partial charge in [-0.15, -0.1) is 0 Å².